The summed E-state index contributed by atoms with van der Waals surface area (Å²) in [6.07, 6.45) is 0.819. The molecule has 0 saturated carbocycles. The molecule has 0 radical (unpaired) electrons. The third-order valence-electron chi connectivity index (χ3n) is 2.70. The number of rotatable bonds is 5. The Morgan fingerprint density at radius 1 is 1.50 bits per heavy atom. The van der Waals surface area contributed by atoms with Gasteiger partial charge < -0.3 is 9.26 Å². The van der Waals surface area contributed by atoms with Gasteiger partial charge in [0.1, 0.15) is 12.4 Å². The largest absolute Gasteiger partial charge is 0.486 e. The summed E-state index contributed by atoms with van der Waals surface area (Å²) in [5.41, 5.74) is 3.09. The molecule has 1 amide bonds. The van der Waals surface area contributed by atoms with Crippen molar-refractivity contribution < 1.29 is 14.1 Å². The minimum absolute atomic E-state index is 0.108. The normalized spacial score (nSPS) is 10.3. The van der Waals surface area contributed by atoms with Crippen molar-refractivity contribution in [2.75, 3.05) is 0 Å². The number of amides is 1. The molecule has 7 heteroatoms. The zero-order valence-electron chi connectivity index (χ0n) is 10.9. The highest BCUT2D eigenvalue weighted by atomic mass is 35.5. The fraction of sp³-hybridized carbons (Fsp3) is 0.231. The average Bonchev–Trinajstić information content (AvgIpc) is 2.94. The molecule has 0 bridgehead atoms. The van der Waals surface area contributed by atoms with Crippen LogP contribution in [-0.4, -0.2) is 11.1 Å². The van der Waals surface area contributed by atoms with Crippen molar-refractivity contribution in [3.63, 3.8) is 0 Å². The van der Waals surface area contributed by atoms with E-state index in [0.29, 0.717) is 16.5 Å². The molecular formula is C13H14ClN3O3. The third kappa shape index (κ3) is 3.28. The molecule has 3 N–H and O–H groups in total. The topological polar surface area (TPSA) is 90.4 Å². The van der Waals surface area contributed by atoms with E-state index in [4.69, 9.17) is 26.7 Å². The van der Waals surface area contributed by atoms with Gasteiger partial charge >= 0.3 is 0 Å². The number of hydrazine groups is 1. The van der Waals surface area contributed by atoms with Crippen molar-refractivity contribution in [2.45, 2.75) is 20.0 Å². The molecule has 0 fully saturated rings. The number of nitrogens with two attached hydrogens (primary N) is 1. The Hall–Kier alpha value is -2.05. The maximum atomic E-state index is 11.2. The zero-order valence-corrected chi connectivity index (χ0v) is 11.6. The second-order valence-electron chi connectivity index (χ2n) is 4.05. The number of benzene rings is 1. The molecule has 0 atom stereocenters. The van der Waals surface area contributed by atoms with Crippen LogP contribution in [0.5, 0.6) is 5.75 Å². The van der Waals surface area contributed by atoms with Gasteiger partial charge in [0.05, 0.1) is 0 Å². The third-order valence-corrected chi connectivity index (χ3v) is 3.07. The van der Waals surface area contributed by atoms with E-state index in [9.17, 15) is 4.79 Å². The van der Waals surface area contributed by atoms with Crippen LogP contribution in [0.4, 0.5) is 0 Å². The number of hydrogen-bond acceptors (Lipinski definition) is 5. The molecule has 1 aromatic carbocycles. The molecule has 0 aliphatic carbocycles. The Balaban J connectivity index is 2.01. The van der Waals surface area contributed by atoms with Crippen molar-refractivity contribution in [3.05, 3.63) is 46.3 Å². The first-order valence-electron chi connectivity index (χ1n) is 6.01. The lowest BCUT2D eigenvalue weighted by Gasteiger charge is -2.06. The number of ether oxygens (including phenoxy) is 1. The number of hydrogen-bond donors (Lipinski definition) is 2. The lowest BCUT2D eigenvalue weighted by Crippen LogP contribution is -2.30. The molecular weight excluding hydrogens is 282 g/mol. The maximum Gasteiger partial charge on any atom is 0.287 e. The summed E-state index contributed by atoms with van der Waals surface area (Å²) in [5.74, 6) is 5.59. The van der Waals surface area contributed by atoms with Crippen LogP contribution >= 0.6 is 11.6 Å². The Labute approximate surface area is 120 Å². The van der Waals surface area contributed by atoms with Crippen molar-refractivity contribution >= 4 is 17.5 Å². The molecule has 0 aliphatic rings. The second-order valence-corrected chi connectivity index (χ2v) is 4.45. The zero-order chi connectivity index (χ0) is 14.5. The molecule has 0 aliphatic heterocycles. The number of carbonyl (C=O) groups is 1. The number of nitrogen functional groups attached to an aromatic ring is 1. The van der Waals surface area contributed by atoms with Crippen LogP contribution < -0.4 is 16.0 Å². The van der Waals surface area contributed by atoms with Gasteiger partial charge in [-0.25, -0.2) is 5.84 Å². The average molecular weight is 296 g/mol. The van der Waals surface area contributed by atoms with Gasteiger partial charge in [0.15, 0.2) is 11.5 Å². The van der Waals surface area contributed by atoms with E-state index < -0.39 is 5.91 Å². The summed E-state index contributed by atoms with van der Waals surface area (Å²) in [4.78, 5) is 11.2. The van der Waals surface area contributed by atoms with E-state index >= 15 is 0 Å². The molecule has 1 aromatic heterocycles. The van der Waals surface area contributed by atoms with Gasteiger partial charge in [0.25, 0.3) is 5.91 Å². The molecule has 0 spiro atoms. The quantitative estimate of drug-likeness (QED) is 0.501. The molecule has 2 aromatic rings. The standard InChI is InChI=1S/C13H14ClN3O3/c1-2-8-5-9(3-4-11(8)14)19-7-10-6-12(17-20-10)13(18)16-15/h3-6H,2,7,15H2,1H3,(H,16,18). The van der Waals surface area contributed by atoms with Gasteiger partial charge in [-0.15, -0.1) is 0 Å². The smallest absolute Gasteiger partial charge is 0.287 e. The van der Waals surface area contributed by atoms with Crippen molar-refractivity contribution in [1.29, 1.82) is 0 Å². The second kappa shape index (κ2) is 6.40. The Bertz CT molecular complexity index is 613. The van der Waals surface area contributed by atoms with Gasteiger partial charge in [0, 0.05) is 11.1 Å². The predicted molar refractivity (Wildman–Crippen MR) is 73.3 cm³/mol. The number of aryl methyl sites for hydroxylation is 1. The van der Waals surface area contributed by atoms with Gasteiger partial charge in [-0.1, -0.05) is 23.7 Å². The van der Waals surface area contributed by atoms with Crippen molar-refractivity contribution in [1.82, 2.24) is 10.6 Å². The highest BCUT2D eigenvalue weighted by molar-refractivity contribution is 6.31. The predicted octanol–water partition coefficient (Wildman–Crippen LogP) is 2.07. The maximum absolute atomic E-state index is 11.2. The number of aromatic nitrogens is 1. The van der Waals surface area contributed by atoms with Crippen LogP contribution in [0.3, 0.4) is 0 Å². The van der Waals surface area contributed by atoms with Crippen LogP contribution in [0.2, 0.25) is 5.02 Å². The summed E-state index contributed by atoms with van der Waals surface area (Å²) in [7, 11) is 0. The van der Waals surface area contributed by atoms with E-state index in [1.807, 2.05) is 18.4 Å². The highest BCUT2D eigenvalue weighted by Gasteiger charge is 2.11. The monoisotopic (exact) mass is 295 g/mol. The molecule has 0 unspecified atom stereocenters. The molecule has 2 rings (SSSR count). The fourth-order valence-electron chi connectivity index (χ4n) is 1.63. The van der Waals surface area contributed by atoms with Gasteiger partial charge in [-0.05, 0) is 30.2 Å². The fourth-order valence-corrected chi connectivity index (χ4v) is 1.88. The van der Waals surface area contributed by atoms with Crippen LogP contribution in [0.1, 0.15) is 28.7 Å². The first kappa shape index (κ1) is 14.4. The van der Waals surface area contributed by atoms with Gasteiger partial charge in [-0.2, -0.15) is 0 Å². The van der Waals surface area contributed by atoms with E-state index in [0.717, 1.165) is 12.0 Å². The van der Waals surface area contributed by atoms with E-state index in [2.05, 4.69) is 5.16 Å². The van der Waals surface area contributed by atoms with Crippen LogP contribution in [0.25, 0.3) is 0 Å². The first-order valence-corrected chi connectivity index (χ1v) is 6.39. The molecule has 20 heavy (non-hydrogen) atoms. The van der Waals surface area contributed by atoms with Gasteiger partial charge in [0.2, 0.25) is 0 Å². The Kier molecular flexibility index (Phi) is 4.60. The number of halogens is 1. The van der Waals surface area contributed by atoms with Crippen LogP contribution in [0, 0.1) is 0 Å². The molecule has 0 saturated heterocycles. The van der Waals surface area contributed by atoms with Crippen LogP contribution in [0.15, 0.2) is 28.8 Å². The summed E-state index contributed by atoms with van der Waals surface area (Å²) in [6.45, 7) is 2.18. The minimum atomic E-state index is -0.514. The molecule has 6 nitrogen and oxygen atoms in total. The van der Waals surface area contributed by atoms with Crippen molar-refractivity contribution in [3.8, 4) is 5.75 Å². The number of nitrogens with one attached hydrogen (secondary N) is 1. The number of carbonyl (C=O) groups excluding carboxylic acids is 1. The molecule has 106 valence electrons. The summed E-state index contributed by atoms with van der Waals surface area (Å²) in [5, 5.41) is 4.29. The summed E-state index contributed by atoms with van der Waals surface area (Å²) in [6, 6.07) is 6.89. The van der Waals surface area contributed by atoms with Crippen LogP contribution in [-0.2, 0) is 13.0 Å². The lowest BCUT2D eigenvalue weighted by atomic mass is 10.1. The first-order chi connectivity index (χ1) is 9.63. The summed E-state index contributed by atoms with van der Waals surface area (Å²) < 4.78 is 10.5. The minimum Gasteiger partial charge on any atom is -0.486 e. The van der Waals surface area contributed by atoms with Crippen molar-refractivity contribution in [2.24, 2.45) is 5.84 Å². The van der Waals surface area contributed by atoms with Gasteiger partial charge in [-0.3, -0.25) is 10.2 Å². The Morgan fingerprint density at radius 3 is 3.00 bits per heavy atom. The molecule has 1 heterocycles. The lowest BCUT2D eigenvalue weighted by molar-refractivity contribution is 0.0944. The summed E-state index contributed by atoms with van der Waals surface area (Å²) >= 11 is 6.03. The van der Waals surface area contributed by atoms with E-state index in [1.165, 1.54) is 6.07 Å². The van der Waals surface area contributed by atoms with E-state index in [1.54, 1.807) is 12.1 Å². The SMILES string of the molecule is CCc1cc(OCc2cc(C(=O)NN)no2)ccc1Cl. The Morgan fingerprint density at radius 2 is 2.30 bits per heavy atom. The highest BCUT2D eigenvalue weighted by Crippen LogP contribution is 2.23. The van der Waals surface area contributed by atoms with E-state index in [-0.39, 0.29) is 12.3 Å². The number of nitrogens with zero attached hydrogens (tertiary/aromatic N) is 1.